The molecule has 0 atom stereocenters. The van der Waals surface area contributed by atoms with Gasteiger partial charge >= 0.3 is 5.69 Å². The summed E-state index contributed by atoms with van der Waals surface area (Å²) in [5.74, 6) is 0.772. The number of hydrazone groups is 1. The van der Waals surface area contributed by atoms with E-state index in [2.05, 4.69) is 38.0 Å². The van der Waals surface area contributed by atoms with E-state index in [1.165, 1.54) is 24.5 Å². The van der Waals surface area contributed by atoms with Crippen LogP contribution >= 0.6 is 15.9 Å². The molecule has 0 saturated carbocycles. The van der Waals surface area contributed by atoms with Gasteiger partial charge in [-0.1, -0.05) is 12.7 Å². The highest BCUT2D eigenvalue weighted by molar-refractivity contribution is 9.10. The summed E-state index contributed by atoms with van der Waals surface area (Å²) in [6, 6.07) is 8.26. The summed E-state index contributed by atoms with van der Waals surface area (Å²) in [5, 5.41) is 14.8. The van der Waals surface area contributed by atoms with Gasteiger partial charge in [0.1, 0.15) is 12.4 Å². The molecule has 1 N–H and O–H groups in total. The van der Waals surface area contributed by atoms with E-state index in [4.69, 9.17) is 4.74 Å². The Morgan fingerprint density at radius 1 is 1.48 bits per heavy atom. The minimum atomic E-state index is -0.521. The Balaban J connectivity index is 2.08. The standard InChI is InChI=1S/C15H13BrN4O3/c1-2-8-23-14-6-5-11(9-12(14)16)10-18-19-15-13(20(21)22)4-3-7-17-15/h2-7,9-10H,1,8H2,(H,17,19)/b18-10-. The molecule has 0 amide bonds. The Kier molecular flexibility index (Phi) is 5.81. The van der Waals surface area contributed by atoms with Gasteiger partial charge in [0.25, 0.3) is 0 Å². The molecule has 0 radical (unpaired) electrons. The van der Waals surface area contributed by atoms with Crippen molar-refractivity contribution in [1.82, 2.24) is 4.98 Å². The number of hydrogen-bond donors (Lipinski definition) is 1. The van der Waals surface area contributed by atoms with Crippen molar-refractivity contribution in [3.05, 3.63) is 69.3 Å². The third-order valence-corrected chi connectivity index (χ3v) is 3.30. The second-order valence-corrected chi connectivity index (χ2v) is 5.14. The normalized spacial score (nSPS) is 10.5. The largest absolute Gasteiger partial charge is 0.488 e. The molecule has 1 aromatic carbocycles. The topological polar surface area (TPSA) is 89.7 Å². The van der Waals surface area contributed by atoms with Gasteiger partial charge in [0.05, 0.1) is 15.6 Å². The van der Waals surface area contributed by atoms with Gasteiger partial charge in [-0.2, -0.15) is 5.10 Å². The molecule has 0 unspecified atom stereocenters. The first kappa shape index (κ1) is 16.6. The molecule has 0 bridgehead atoms. The van der Waals surface area contributed by atoms with Gasteiger partial charge in [-0.05, 0) is 45.8 Å². The van der Waals surface area contributed by atoms with Crippen LogP contribution in [0.15, 0.2) is 58.8 Å². The van der Waals surface area contributed by atoms with Gasteiger partial charge in [-0.3, -0.25) is 15.5 Å². The van der Waals surface area contributed by atoms with E-state index in [1.807, 2.05) is 6.07 Å². The number of nitrogens with one attached hydrogen (secondary N) is 1. The number of rotatable bonds is 7. The van der Waals surface area contributed by atoms with Crippen molar-refractivity contribution in [3.8, 4) is 5.75 Å². The summed E-state index contributed by atoms with van der Waals surface area (Å²) in [6.45, 7) is 4.00. The van der Waals surface area contributed by atoms with Crippen molar-refractivity contribution in [3.63, 3.8) is 0 Å². The van der Waals surface area contributed by atoms with Crippen molar-refractivity contribution >= 4 is 33.6 Å². The average Bonchev–Trinajstić information content (AvgIpc) is 2.54. The van der Waals surface area contributed by atoms with Crippen LogP contribution in [0, 0.1) is 10.1 Å². The predicted molar refractivity (Wildman–Crippen MR) is 91.9 cm³/mol. The summed E-state index contributed by atoms with van der Waals surface area (Å²) in [7, 11) is 0. The molecule has 0 saturated heterocycles. The summed E-state index contributed by atoms with van der Waals surface area (Å²) in [4.78, 5) is 14.2. The lowest BCUT2D eigenvalue weighted by molar-refractivity contribution is -0.384. The fourth-order valence-corrected chi connectivity index (χ4v) is 2.17. The number of anilines is 1. The van der Waals surface area contributed by atoms with Crippen LogP contribution in [-0.2, 0) is 0 Å². The van der Waals surface area contributed by atoms with Crippen molar-refractivity contribution < 1.29 is 9.66 Å². The maximum absolute atomic E-state index is 10.9. The smallest absolute Gasteiger partial charge is 0.313 e. The molecule has 0 aliphatic heterocycles. The molecule has 0 fully saturated rings. The van der Waals surface area contributed by atoms with E-state index in [0.717, 1.165) is 10.0 Å². The highest BCUT2D eigenvalue weighted by Gasteiger charge is 2.12. The van der Waals surface area contributed by atoms with Gasteiger partial charge in [-0.15, -0.1) is 0 Å². The zero-order valence-electron chi connectivity index (χ0n) is 12.0. The molecule has 0 aliphatic carbocycles. The lowest BCUT2D eigenvalue weighted by atomic mass is 10.2. The van der Waals surface area contributed by atoms with Crippen molar-refractivity contribution in [2.75, 3.05) is 12.0 Å². The van der Waals surface area contributed by atoms with Gasteiger partial charge in [0.2, 0.25) is 5.82 Å². The molecule has 7 nitrogen and oxygen atoms in total. The minimum absolute atomic E-state index is 0.0822. The molecule has 0 spiro atoms. The maximum Gasteiger partial charge on any atom is 0.313 e. The average molecular weight is 377 g/mol. The van der Waals surface area contributed by atoms with Crippen LogP contribution in [0.4, 0.5) is 11.5 Å². The lowest BCUT2D eigenvalue weighted by Gasteiger charge is -2.06. The first-order valence-electron chi connectivity index (χ1n) is 6.53. The minimum Gasteiger partial charge on any atom is -0.488 e. The third-order valence-electron chi connectivity index (χ3n) is 2.68. The quantitative estimate of drug-likeness (QED) is 0.343. The molecule has 0 aliphatic rings. The fraction of sp³-hybridized carbons (Fsp3) is 0.0667. The Morgan fingerprint density at radius 3 is 3.00 bits per heavy atom. The number of pyridine rings is 1. The van der Waals surface area contributed by atoms with E-state index < -0.39 is 4.92 Å². The molecule has 118 valence electrons. The monoisotopic (exact) mass is 376 g/mol. The summed E-state index contributed by atoms with van der Waals surface area (Å²) >= 11 is 3.40. The molecule has 23 heavy (non-hydrogen) atoms. The number of nitrogens with zero attached hydrogens (tertiary/aromatic N) is 3. The summed E-state index contributed by atoms with van der Waals surface area (Å²) in [6.07, 6.45) is 4.64. The van der Waals surface area contributed by atoms with Crippen LogP contribution in [0.1, 0.15) is 5.56 Å². The van der Waals surface area contributed by atoms with E-state index in [1.54, 1.807) is 18.2 Å². The number of hydrogen-bond acceptors (Lipinski definition) is 6. The predicted octanol–water partition coefficient (Wildman–Crippen LogP) is 3.76. The van der Waals surface area contributed by atoms with E-state index in [9.17, 15) is 10.1 Å². The zero-order chi connectivity index (χ0) is 16.7. The second-order valence-electron chi connectivity index (χ2n) is 4.29. The number of halogens is 1. The number of aromatic nitrogens is 1. The van der Waals surface area contributed by atoms with Gasteiger partial charge in [0.15, 0.2) is 0 Å². The van der Waals surface area contributed by atoms with Crippen molar-refractivity contribution in [2.24, 2.45) is 5.10 Å². The number of benzene rings is 1. The molecule has 1 heterocycles. The third kappa shape index (κ3) is 4.62. The zero-order valence-corrected chi connectivity index (χ0v) is 13.6. The summed E-state index contributed by atoms with van der Waals surface area (Å²) in [5.41, 5.74) is 3.21. The fourth-order valence-electron chi connectivity index (χ4n) is 1.66. The van der Waals surface area contributed by atoms with Crippen LogP contribution < -0.4 is 10.2 Å². The molecular weight excluding hydrogens is 364 g/mol. The maximum atomic E-state index is 10.9. The first-order valence-corrected chi connectivity index (χ1v) is 7.33. The molecule has 1 aromatic heterocycles. The SMILES string of the molecule is C=CCOc1ccc(/C=N\Nc2ncccc2[N+](=O)[O-])cc1Br. The number of nitro groups is 1. The van der Waals surface area contributed by atoms with E-state index in [-0.39, 0.29) is 11.5 Å². The number of ether oxygens (including phenoxy) is 1. The van der Waals surface area contributed by atoms with Crippen molar-refractivity contribution in [2.45, 2.75) is 0 Å². The molecule has 8 heteroatoms. The Morgan fingerprint density at radius 2 is 2.30 bits per heavy atom. The Hall–Kier alpha value is -2.74. The Bertz CT molecular complexity index is 749. The van der Waals surface area contributed by atoms with Crippen LogP contribution in [0.2, 0.25) is 0 Å². The van der Waals surface area contributed by atoms with Gasteiger partial charge < -0.3 is 4.74 Å². The lowest BCUT2D eigenvalue weighted by Crippen LogP contribution is -1.99. The van der Waals surface area contributed by atoms with E-state index in [0.29, 0.717) is 12.4 Å². The summed E-state index contributed by atoms with van der Waals surface area (Å²) < 4.78 is 6.22. The highest BCUT2D eigenvalue weighted by atomic mass is 79.9. The molecular formula is C15H13BrN4O3. The van der Waals surface area contributed by atoms with Gasteiger partial charge in [0, 0.05) is 12.3 Å². The van der Waals surface area contributed by atoms with E-state index >= 15 is 0 Å². The van der Waals surface area contributed by atoms with Gasteiger partial charge in [-0.25, -0.2) is 4.98 Å². The van der Waals surface area contributed by atoms with Crippen LogP contribution in [0.3, 0.4) is 0 Å². The van der Waals surface area contributed by atoms with Crippen LogP contribution in [-0.4, -0.2) is 22.7 Å². The molecule has 2 rings (SSSR count). The Labute approximate surface area is 141 Å². The first-order chi connectivity index (χ1) is 11.1. The molecule has 2 aromatic rings. The highest BCUT2D eigenvalue weighted by Crippen LogP contribution is 2.25. The van der Waals surface area contributed by atoms with Crippen LogP contribution in [0.5, 0.6) is 5.75 Å². The second kappa shape index (κ2) is 8.04. The van der Waals surface area contributed by atoms with Crippen LogP contribution in [0.25, 0.3) is 0 Å². The van der Waals surface area contributed by atoms with Crippen molar-refractivity contribution in [1.29, 1.82) is 0 Å².